The molecule has 10 heteroatoms. The summed E-state index contributed by atoms with van der Waals surface area (Å²) in [6.07, 6.45) is 1.15. The monoisotopic (exact) mass is 462 g/mol. The first-order valence-corrected chi connectivity index (χ1v) is 10.9. The molecule has 0 amide bonds. The van der Waals surface area contributed by atoms with Gasteiger partial charge in [-0.2, -0.15) is 0 Å². The number of halogens is 1. The summed E-state index contributed by atoms with van der Waals surface area (Å²) < 4.78 is 18.5. The number of hydrogen-bond donors (Lipinski definition) is 3. The number of nitrogen functional groups attached to an aromatic ring is 1. The summed E-state index contributed by atoms with van der Waals surface area (Å²) in [6.45, 7) is 6.13. The number of aliphatic hydroxyl groups excluding tert-OH is 1. The van der Waals surface area contributed by atoms with Crippen molar-refractivity contribution in [2.45, 2.75) is 68.9 Å². The first kappa shape index (κ1) is 21.1. The Morgan fingerprint density at radius 3 is 2.81 bits per heavy atom. The third-order valence-electron chi connectivity index (χ3n) is 4.47. The number of nitrogens with two attached hydrogens (primary N) is 1. The van der Waals surface area contributed by atoms with Gasteiger partial charge in [-0.1, -0.05) is 18.7 Å². The molecular weight excluding hydrogens is 436 g/mol. The van der Waals surface area contributed by atoms with Crippen LogP contribution < -0.4 is 11.1 Å². The van der Waals surface area contributed by atoms with Crippen LogP contribution in [0.5, 0.6) is 0 Å². The zero-order chi connectivity index (χ0) is 19.6. The average Bonchev–Trinajstić information content (AvgIpc) is 3.09. The largest absolute Gasteiger partial charge is 0.394 e. The van der Waals surface area contributed by atoms with Crippen LogP contribution >= 0.6 is 27.7 Å². The molecule has 0 aromatic carbocycles. The van der Waals surface area contributed by atoms with Crippen LogP contribution in [-0.2, 0) is 14.2 Å². The first-order chi connectivity index (χ1) is 12.8. The summed E-state index contributed by atoms with van der Waals surface area (Å²) in [5.41, 5.74) is 6.65. The minimum Gasteiger partial charge on any atom is -0.394 e. The molecule has 8 nitrogen and oxygen atoms in total. The lowest BCUT2D eigenvalue weighted by Gasteiger charge is -2.24. The highest BCUT2D eigenvalue weighted by molar-refractivity contribution is 9.10. The van der Waals surface area contributed by atoms with Gasteiger partial charge in [-0.05, 0) is 42.6 Å². The minimum absolute atomic E-state index is 0.0277. The van der Waals surface area contributed by atoms with E-state index < -0.39 is 5.79 Å². The first-order valence-electron chi connectivity index (χ1n) is 9.15. The van der Waals surface area contributed by atoms with Crippen molar-refractivity contribution in [2.75, 3.05) is 30.0 Å². The van der Waals surface area contributed by atoms with E-state index in [1.165, 1.54) is 0 Å². The maximum Gasteiger partial charge on any atom is 0.190 e. The Hall–Kier alpha value is -0.650. The Kier molecular flexibility index (Phi) is 6.86. The van der Waals surface area contributed by atoms with Gasteiger partial charge in [0.15, 0.2) is 16.8 Å². The lowest BCUT2D eigenvalue weighted by molar-refractivity contribution is -0.167. The van der Waals surface area contributed by atoms with E-state index in [1.807, 2.05) is 13.8 Å². The van der Waals surface area contributed by atoms with E-state index in [0.717, 1.165) is 12.2 Å². The summed E-state index contributed by atoms with van der Waals surface area (Å²) in [5.74, 6) is 0.832. The predicted octanol–water partition coefficient (Wildman–Crippen LogP) is 2.41. The van der Waals surface area contributed by atoms with Gasteiger partial charge in [-0.3, -0.25) is 0 Å². The van der Waals surface area contributed by atoms with Crippen LogP contribution in [-0.4, -0.2) is 64.2 Å². The fourth-order valence-corrected chi connectivity index (χ4v) is 4.58. The van der Waals surface area contributed by atoms with Gasteiger partial charge in [-0.15, -0.1) is 0 Å². The molecule has 2 aliphatic rings. The van der Waals surface area contributed by atoms with Gasteiger partial charge >= 0.3 is 0 Å². The Bertz CT molecular complexity index is 666. The molecule has 2 fully saturated rings. The lowest BCUT2D eigenvalue weighted by atomic mass is 10.2. The summed E-state index contributed by atoms with van der Waals surface area (Å²) in [4.78, 5) is 8.97. The van der Waals surface area contributed by atoms with E-state index in [4.69, 9.17) is 25.1 Å². The quantitative estimate of drug-likeness (QED) is 0.304. The van der Waals surface area contributed by atoms with E-state index in [0.29, 0.717) is 27.7 Å². The number of nitrogens with one attached hydrogen (secondary N) is 1. The maximum atomic E-state index is 9.09. The van der Waals surface area contributed by atoms with Crippen molar-refractivity contribution in [1.82, 2.24) is 9.97 Å². The van der Waals surface area contributed by atoms with Crippen LogP contribution in [0.15, 0.2) is 9.76 Å². The molecule has 1 saturated heterocycles. The molecule has 4 atom stereocenters. The van der Waals surface area contributed by atoms with Gasteiger partial charge < -0.3 is 30.4 Å². The standard InChI is InChI=1S/C17H27BrN4O4S/c1-4-7-27-16-21-14(18)11(19)15(22-16)20-9-8-10(24-6-5-23)13-12(9)25-17(2,3)26-13/h9-10,12-13,23H,4-8,19H2,1-3H3,(H,20,21,22)/t9-,10+,12+,13-/m0/s1. The molecule has 0 bridgehead atoms. The average molecular weight is 463 g/mol. The van der Waals surface area contributed by atoms with Crippen LogP contribution in [0.2, 0.25) is 0 Å². The highest BCUT2D eigenvalue weighted by Gasteiger charge is 2.54. The molecule has 0 radical (unpaired) electrons. The Morgan fingerprint density at radius 1 is 1.37 bits per heavy atom. The van der Waals surface area contributed by atoms with Crippen LogP contribution in [0.3, 0.4) is 0 Å². The van der Waals surface area contributed by atoms with Gasteiger partial charge in [-0.25, -0.2) is 9.97 Å². The molecular formula is C17H27BrN4O4S. The fourth-order valence-electron chi connectivity index (χ4n) is 3.41. The second kappa shape index (κ2) is 8.79. The zero-order valence-electron chi connectivity index (χ0n) is 15.8. The number of aromatic nitrogens is 2. The number of aliphatic hydroxyl groups is 1. The van der Waals surface area contributed by atoms with Crippen molar-refractivity contribution in [3.63, 3.8) is 0 Å². The van der Waals surface area contributed by atoms with E-state index in [2.05, 4.69) is 38.1 Å². The zero-order valence-corrected chi connectivity index (χ0v) is 18.2. The Morgan fingerprint density at radius 2 is 2.11 bits per heavy atom. The normalized spacial score (nSPS) is 29.1. The number of hydrogen-bond acceptors (Lipinski definition) is 9. The molecule has 1 aromatic heterocycles. The summed E-state index contributed by atoms with van der Waals surface area (Å²) >= 11 is 5.01. The minimum atomic E-state index is -0.684. The molecule has 152 valence electrons. The van der Waals surface area contributed by atoms with E-state index in [9.17, 15) is 0 Å². The number of ether oxygens (including phenoxy) is 3. The van der Waals surface area contributed by atoms with E-state index >= 15 is 0 Å². The molecule has 1 aliphatic carbocycles. The summed E-state index contributed by atoms with van der Waals surface area (Å²) in [7, 11) is 0. The second-order valence-electron chi connectivity index (χ2n) is 7.09. The van der Waals surface area contributed by atoms with E-state index in [-0.39, 0.29) is 37.6 Å². The van der Waals surface area contributed by atoms with Crippen LogP contribution in [0.4, 0.5) is 11.5 Å². The topological polar surface area (TPSA) is 112 Å². The van der Waals surface area contributed by atoms with Gasteiger partial charge in [0.05, 0.1) is 25.4 Å². The smallest absolute Gasteiger partial charge is 0.190 e. The molecule has 2 heterocycles. The number of rotatable bonds is 8. The highest BCUT2D eigenvalue weighted by atomic mass is 79.9. The van der Waals surface area contributed by atoms with Crippen LogP contribution in [0.1, 0.15) is 33.6 Å². The highest BCUT2D eigenvalue weighted by Crippen LogP contribution is 2.41. The molecule has 3 rings (SSSR count). The maximum absolute atomic E-state index is 9.09. The number of nitrogens with zero attached hydrogens (tertiary/aromatic N) is 2. The molecule has 0 spiro atoms. The van der Waals surface area contributed by atoms with Crippen molar-refractivity contribution < 1.29 is 19.3 Å². The summed E-state index contributed by atoms with van der Waals surface area (Å²) in [6, 6.07) is -0.0754. The number of thioether (sulfide) groups is 1. The molecule has 0 unspecified atom stereocenters. The molecule has 1 saturated carbocycles. The molecule has 1 aliphatic heterocycles. The van der Waals surface area contributed by atoms with Crippen molar-refractivity contribution in [1.29, 1.82) is 0 Å². The van der Waals surface area contributed by atoms with Gasteiger partial charge in [0, 0.05) is 5.75 Å². The van der Waals surface area contributed by atoms with Gasteiger partial charge in [0.1, 0.15) is 22.5 Å². The number of anilines is 2. The second-order valence-corrected chi connectivity index (χ2v) is 8.91. The SMILES string of the molecule is CCCSc1nc(Br)c(N)c(N[C@H]2C[C@@H](OCCO)[C@@H]3OC(C)(C)O[C@@H]32)n1. The van der Waals surface area contributed by atoms with Gasteiger partial charge in [0.25, 0.3) is 0 Å². The third kappa shape index (κ3) is 4.86. The van der Waals surface area contributed by atoms with E-state index in [1.54, 1.807) is 11.8 Å². The molecule has 4 N–H and O–H groups in total. The van der Waals surface area contributed by atoms with Crippen molar-refractivity contribution in [2.24, 2.45) is 0 Å². The summed E-state index contributed by atoms with van der Waals surface area (Å²) in [5, 5.41) is 13.2. The van der Waals surface area contributed by atoms with Crippen molar-refractivity contribution in [3.8, 4) is 0 Å². The van der Waals surface area contributed by atoms with Crippen LogP contribution in [0.25, 0.3) is 0 Å². The fraction of sp³-hybridized carbons (Fsp3) is 0.765. The number of fused-ring (bicyclic) bond motifs is 1. The lowest BCUT2D eigenvalue weighted by Crippen LogP contribution is -2.35. The van der Waals surface area contributed by atoms with Gasteiger partial charge in [0.2, 0.25) is 0 Å². The Balaban J connectivity index is 1.79. The predicted molar refractivity (Wildman–Crippen MR) is 108 cm³/mol. The molecule has 27 heavy (non-hydrogen) atoms. The third-order valence-corrected chi connectivity index (χ3v) is 6.13. The molecule has 1 aromatic rings. The van der Waals surface area contributed by atoms with Crippen LogP contribution in [0, 0.1) is 0 Å². The van der Waals surface area contributed by atoms with Crippen molar-refractivity contribution >= 4 is 39.2 Å². The Labute approximate surface area is 172 Å². The van der Waals surface area contributed by atoms with Crippen molar-refractivity contribution in [3.05, 3.63) is 4.60 Å².